The third kappa shape index (κ3) is 4.04. The van der Waals surface area contributed by atoms with Crippen LogP contribution in [0.5, 0.6) is 0 Å². The zero-order valence-corrected chi connectivity index (χ0v) is 8.24. The number of nitrogens with zero attached hydrogens (tertiary/aromatic N) is 1. The predicted octanol–water partition coefficient (Wildman–Crippen LogP) is -1.12. The largest absolute Gasteiger partial charge is 0.396 e. The maximum atomic E-state index is 9.48. The van der Waals surface area contributed by atoms with Crippen molar-refractivity contribution in [2.24, 2.45) is 5.92 Å². The van der Waals surface area contributed by atoms with E-state index in [1.165, 1.54) is 0 Å². The molecule has 4 nitrogen and oxygen atoms in total. The Hall–Kier alpha value is -0.160. The van der Waals surface area contributed by atoms with E-state index in [1.807, 2.05) is 6.92 Å². The van der Waals surface area contributed by atoms with E-state index in [1.54, 1.807) is 0 Å². The molecule has 1 aliphatic rings. The zero-order chi connectivity index (χ0) is 9.68. The highest BCUT2D eigenvalue weighted by Gasteiger charge is 2.16. The first-order valence-corrected chi connectivity index (χ1v) is 4.94. The van der Waals surface area contributed by atoms with Gasteiger partial charge >= 0.3 is 0 Å². The molecular formula is C9H20N2O2. The monoisotopic (exact) mass is 188 g/mol. The van der Waals surface area contributed by atoms with Crippen LogP contribution in [0.4, 0.5) is 0 Å². The molecular weight excluding hydrogens is 168 g/mol. The fraction of sp³-hybridized carbons (Fsp3) is 1.00. The van der Waals surface area contributed by atoms with Crippen LogP contribution in [0.15, 0.2) is 0 Å². The Morgan fingerprint density at radius 3 is 3.08 bits per heavy atom. The van der Waals surface area contributed by atoms with Crippen LogP contribution in [-0.4, -0.2) is 60.5 Å². The first kappa shape index (κ1) is 10.9. The smallest absolute Gasteiger partial charge is 0.0791 e. The van der Waals surface area contributed by atoms with Crippen molar-refractivity contribution in [1.29, 1.82) is 0 Å². The molecule has 0 spiro atoms. The molecule has 0 radical (unpaired) electrons. The van der Waals surface area contributed by atoms with Crippen molar-refractivity contribution in [3.05, 3.63) is 0 Å². The van der Waals surface area contributed by atoms with Gasteiger partial charge in [0.15, 0.2) is 0 Å². The van der Waals surface area contributed by atoms with E-state index in [9.17, 15) is 5.11 Å². The van der Waals surface area contributed by atoms with Crippen LogP contribution >= 0.6 is 0 Å². The summed E-state index contributed by atoms with van der Waals surface area (Å²) in [4.78, 5) is 2.20. The molecule has 0 saturated carbocycles. The molecule has 13 heavy (non-hydrogen) atoms. The third-order valence-electron chi connectivity index (χ3n) is 2.34. The molecule has 1 heterocycles. The number of hydrogen-bond acceptors (Lipinski definition) is 4. The van der Waals surface area contributed by atoms with Gasteiger partial charge in [0.05, 0.1) is 6.10 Å². The summed E-state index contributed by atoms with van der Waals surface area (Å²) in [7, 11) is 0. The molecule has 4 heteroatoms. The lowest BCUT2D eigenvalue weighted by atomic mass is 10.2. The Bertz CT molecular complexity index is 144. The molecule has 3 N–H and O–H groups in total. The van der Waals surface area contributed by atoms with Gasteiger partial charge in [-0.25, -0.2) is 0 Å². The summed E-state index contributed by atoms with van der Waals surface area (Å²) in [6, 6.07) is 0. The molecule has 0 aliphatic carbocycles. The Morgan fingerprint density at radius 1 is 1.62 bits per heavy atom. The predicted molar refractivity (Wildman–Crippen MR) is 51.6 cm³/mol. The molecule has 1 rings (SSSR count). The Labute approximate surface area is 79.6 Å². The SMILES string of the molecule is CC(CO)CN1CCNCC(O)C1. The van der Waals surface area contributed by atoms with E-state index in [2.05, 4.69) is 10.2 Å². The first-order valence-electron chi connectivity index (χ1n) is 4.94. The highest BCUT2D eigenvalue weighted by molar-refractivity contribution is 4.73. The third-order valence-corrected chi connectivity index (χ3v) is 2.34. The van der Waals surface area contributed by atoms with Crippen LogP contribution in [0, 0.1) is 5.92 Å². The van der Waals surface area contributed by atoms with E-state index < -0.39 is 0 Å². The number of aliphatic hydroxyl groups excluding tert-OH is 2. The second-order valence-corrected chi connectivity index (χ2v) is 3.91. The summed E-state index contributed by atoms with van der Waals surface area (Å²) in [5.41, 5.74) is 0. The number of rotatable bonds is 3. The zero-order valence-electron chi connectivity index (χ0n) is 8.24. The Balaban J connectivity index is 2.30. The van der Waals surface area contributed by atoms with Gasteiger partial charge in [-0.3, -0.25) is 4.90 Å². The molecule has 0 aromatic carbocycles. The van der Waals surface area contributed by atoms with Crippen molar-refractivity contribution in [3.8, 4) is 0 Å². The van der Waals surface area contributed by atoms with Gasteiger partial charge < -0.3 is 15.5 Å². The molecule has 2 atom stereocenters. The summed E-state index contributed by atoms with van der Waals surface area (Å²) < 4.78 is 0. The fourth-order valence-electron chi connectivity index (χ4n) is 1.62. The standard InChI is InChI=1S/C9H20N2O2/c1-8(7-12)5-11-3-2-10-4-9(13)6-11/h8-10,12-13H,2-7H2,1H3. The number of aliphatic hydroxyl groups is 2. The molecule has 78 valence electrons. The van der Waals surface area contributed by atoms with Crippen molar-refractivity contribution < 1.29 is 10.2 Å². The van der Waals surface area contributed by atoms with Gasteiger partial charge in [0.1, 0.15) is 0 Å². The van der Waals surface area contributed by atoms with Gasteiger partial charge in [-0.1, -0.05) is 6.92 Å². The average molecular weight is 188 g/mol. The second kappa shape index (κ2) is 5.54. The van der Waals surface area contributed by atoms with E-state index in [4.69, 9.17) is 5.11 Å². The Morgan fingerprint density at radius 2 is 2.38 bits per heavy atom. The summed E-state index contributed by atoms with van der Waals surface area (Å²) in [6.07, 6.45) is -0.270. The average Bonchev–Trinajstić information content (AvgIpc) is 2.30. The van der Waals surface area contributed by atoms with Crippen LogP contribution in [0.25, 0.3) is 0 Å². The maximum Gasteiger partial charge on any atom is 0.0791 e. The van der Waals surface area contributed by atoms with Crippen LogP contribution in [0.1, 0.15) is 6.92 Å². The number of hydrogen-bond donors (Lipinski definition) is 3. The lowest BCUT2D eigenvalue weighted by molar-refractivity contribution is 0.111. The first-order chi connectivity index (χ1) is 6.22. The fourth-order valence-corrected chi connectivity index (χ4v) is 1.62. The van der Waals surface area contributed by atoms with Gasteiger partial charge in [0.25, 0.3) is 0 Å². The molecule has 0 bridgehead atoms. The quantitative estimate of drug-likeness (QED) is 0.525. The topological polar surface area (TPSA) is 55.7 Å². The van der Waals surface area contributed by atoms with Crippen LogP contribution in [0.3, 0.4) is 0 Å². The second-order valence-electron chi connectivity index (χ2n) is 3.91. The van der Waals surface area contributed by atoms with Crippen LogP contribution in [0.2, 0.25) is 0 Å². The highest BCUT2D eigenvalue weighted by atomic mass is 16.3. The summed E-state index contributed by atoms with van der Waals surface area (Å²) >= 11 is 0. The van der Waals surface area contributed by atoms with Crippen LogP contribution < -0.4 is 5.32 Å². The van der Waals surface area contributed by atoms with Crippen molar-refractivity contribution in [2.75, 3.05) is 39.3 Å². The van der Waals surface area contributed by atoms with Crippen molar-refractivity contribution in [2.45, 2.75) is 13.0 Å². The molecule has 1 saturated heterocycles. The summed E-state index contributed by atoms with van der Waals surface area (Å²) in [6.45, 7) is 6.40. The molecule has 1 aliphatic heterocycles. The van der Waals surface area contributed by atoms with E-state index >= 15 is 0 Å². The Kier molecular flexibility index (Phi) is 4.66. The maximum absolute atomic E-state index is 9.48. The van der Waals surface area contributed by atoms with E-state index in [-0.39, 0.29) is 12.7 Å². The number of β-amino-alcohol motifs (C(OH)–C–C–N with tert-alkyl or cyclic N) is 1. The molecule has 0 aromatic rings. The normalized spacial score (nSPS) is 28.4. The number of nitrogens with one attached hydrogen (secondary N) is 1. The summed E-state index contributed by atoms with van der Waals surface area (Å²) in [5, 5.41) is 21.5. The van der Waals surface area contributed by atoms with Crippen molar-refractivity contribution >= 4 is 0 Å². The molecule has 2 unspecified atom stereocenters. The minimum absolute atomic E-state index is 0.222. The van der Waals surface area contributed by atoms with Crippen molar-refractivity contribution in [3.63, 3.8) is 0 Å². The molecule has 1 fully saturated rings. The van der Waals surface area contributed by atoms with Crippen molar-refractivity contribution in [1.82, 2.24) is 10.2 Å². The van der Waals surface area contributed by atoms with Gasteiger partial charge in [-0.15, -0.1) is 0 Å². The van der Waals surface area contributed by atoms with Gasteiger partial charge in [0, 0.05) is 39.3 Å². The lowest BCUT2D eigenvalue weighted by Gasteiger charge is -2.23. The van der Waals surface area contributed by atoms with Gasteiger partial charge in [-0.2, -0.15) is 0 Å². The van der Waals surface area contributed by atoms with Gasteiger partial charge in [0.2, 0.25) is 0 Å². The minimum Gasteiger partial charge on any atom is -0.396 e. The van der Waals surface area contributed by atoms with E-state index in [0.29, 0.717) is 12.5 Å². The van der Waals surface area contributed by atoms with E-state index in [0.717, 1.165) is 26.2 Å². The summed E-state index contributed by atoms with van der Waals surface area (Å²) in [5.74, 6) is 0.297. The molecule has 0 aromatic heterocycles. The highest BCUT2D eigenvalue weighted by Crippen LogP contribution is 2.01. The minimum atomic E-state index is -0.270. The van der Waals surface area contributed by atoms with Crippen LogP contribution in [-0.2, 0) is 0 Å². The molecule has 0 amide bonds. The van der Waals surface area contributed by atoms with Gasteiger partial charge in [-0.05, 0) is 5.92 Å². The lowest BCUT2D eigenvalue weighted by Crippen LogP contribution is -2.36.